The van der Waals surface area contributed by atoms with E-state index >= 15 is 0 Å². The Morgan fingerprint density at radius 2 is 1.88 bits per heavy atom. The molecular weight excluding hydrogens is 450 g/mol. The summed E-state index contributed by atoms with van der Waals surface area (Å²) >= 11 is 6.01. The Kier molecular flexibility index (Phi) is 6.04. The number of hydrogen-bond acceptors (Lipinski definition) is 4. The van der Waals surface area contributed by atoms with Gasteiger partial charge in [0.1, 0.15) is 12.4 Å². The quantitative estimate of drug-likeness (QED) is 0.570. The zero-order valence-corrected chi connectivity index (χ0v) is 20.2. The summed E-state index contributed by atoms with van der Waals surface area (Å²) in [7, 11) is 0. The summed E-state index contributed by atoms with van der Waals surface area (Å²) in [6.45, 7) is 6.80. The fourth-order valence-electron chi connectivity index (χ4n) is 4.79. The fourth-order valence-corrected chi connectivity index (χ4v) is 4.92. The van der Waals surface area contributed by atoms with E-state index in [2.05, 4.69) is 48.1 Å². The monoisotopic (exact) mass is 477 g/mol. The van der Waals surface area contributed by atoms with E-state index < -0.39 is 0 Å². The molecule has 1 saturated heterocycles. The molecule has 7 nitrogen and oxygen atoms in total. The van der Waals surface area contributed by atoms with Gasteiger partial charge in [0.2, 0.25) is 11.8 Å². The van der Waals surface area contributed by atoms with Crippen molar-refractivity contribution in [1.82, 2.24) is 14.7 Å². The summed E-state index contributed by atoms with van der Waals surface area (Å²) in [5.41, 5.74) is 4.09. The summed E-state index contributed by atoms with van der Waals surface area (Å²) in [5, 5.41) is 5.33. The maximum Gasteiger partial charge on any atom is 0.242 e. The van der Waals surface area contributed by atoms with Crippen LogP contribution >= 0.6 is 11.6 Å². The zero-order valence-electron chi connectivity index (χ0n) is 19.4. The van der Waals surface area contributed by atoms with Crippen molar-refractivity contribution in [2.24, 2.45) is 0 Å². The van der Waals surface area contributed by atoms with Crippen LogP contribution in [-0.2, 0) is 16.1 Å². The number of nitrogens with zero attached hydrogens (tertiary/aromatic N) is 5. The number of halogens is 1. The number of piperazine rings is 1. The van der Waals surface area contributed by atoms with E-state index in [9.17, 15) is 9.59 Å². The molecule has 1 aromatic heterocycles. The minimum Gasteiger partial charge on any atom is -0.365 e. The lowest BCUT2D eigenvalue weighted by Crippen LogP contribution is -2.56. The predicted octanol–water partition coefficient (Wildman–Crippen LogP) is 3.99. The normalized spacial score (nSPS) is 18.3. The third-order valence-electron chi connectivity index (χ3n) is 6.62. The van der Waals surface area contributed by atoms with Crippen molar-refractivity contribution in [3.63, 3.8) is 0 Å². The lowest BCUT2D eigenvalue weighted by molar-refractivity contribution is -0.132. The molecule has 8 heteroatoms. The Balaban J connectivity index is 1.30. The standard InChI is InChI=1S/C26H28ClN5O2/c1-18-4-3-5-22(14-18)30-13-12-29(16-19(30)2)26(34)17-31-24-15-23(20-6-8-21(27)9-7-20)28-32(24)11-10-25(31)33/h3-9,14-15,19H,10-13,16-17H2,1-2H3/t19-/m0/s1. The lowest BCUT2D eigenvalue weighted by Gasteiger charge is -2.42. The van der Waals surface area contributed by atoms with Crippen molar-refractivity contribution in [1.29, 1.82) is 0 Å². The van der Waals surface area contributed by atoms with Crippen molar-refractivity contribution < 1.29 is 9.59 Å². The summed E-state index contributed by atoms with van der Waals surface area (Å²) < 4.78 is 1.82. The van der Waals surface area contributed by atoms with Crippen LogP contribution in [0.2, 0.25) is 5.02 Å². The van der Waals surface area contributed by atoms with Gasteiger partial charge in [0.15, 0.2) is 0 Å². The maximum atomic E-state index is 13.2. The topological polar surface area (TPSA) is 61.7 Å². The summed E-state index contributed by atoms with van der Waals surface area (Å²) in [6, 6.07) is 18.0. The van der Waals surface area contributed by atoms with Crippen LogP contribution < -0.4 is 9.80 Å². The molecule has 0 spiro atoms. The number of fused-ring (bicyclic) bond motifs is 1. The van der Waals surface area contributed by atoms with Crippen molar-refractivity contribution in [3.05, 3.63) is 65.2 Å². The fraction of sp³-hybridized carbons (Fsp3) is 0.346. The molecule has 0 unspecified atom stereocenters. The predicted molar refractivity (Wildman–Crippen MR) is 134 cm³/mol. The first-order chi connectivity index (χ1) is 16.4. The van der Waals surface area contributed by atoms with E-state index in [1.807, 2.05) is 39.9 Å². The second-order valence-corrected chi connectivity index (χ2v) is 9.51. The van der Waals surface area contributed by atoms with E-state index in [1.54, 1.807) is 4.90 Å². The molecule has 176 valence electrons. The molecule has 0 bridgehead atoms. The van der Waals surface area contributed by atoms with E-state index in [1.165, 1.54) is 11.3 Å². The van der Waals surface area contributed by atoms with Gasteiger partial charge in [0.25, 0.3) is 0 Å². The third-order valence-corrected chi connectivity index (χ3v) is 6.87. The number of aryl methyl sites for hydroxylation is 2. The van der Waals surface area contributed by atoms with E-state index in [0.717, 1.165) is 17.8 Å². The molecule has 2 aliphatic heterocycles. The highest BCUT2D eigenvalue weighted by atomic mass is 35.5. The summed E-state index contributed by atoms with van der Waals surface area (Å²) in [5.74, 6) is 0.586. The van der Waals surface area contributed by atoms with Crippen LogP contribution in [0.1, 0.15) is 18.9 Å². The Hall–Kier alpha value is -3.32. The number of hydrogen-bond donors (Lipinski definition) is 0. The minimum absolute atomic E-state index is 0.0295. The molecule has 34 heavy (non-hydrogen) atoms. The molecule has 5 rings (SSSR count). The number of aromatic nitrogens is 2. The minimum atomic E-state index is -0.0464. The molecule has 0 N–H and O–H groups in total. The van der Waals surface area contributed by atoms with E-state index in [4.69, 9.17) is 11.6 Å². The van der Waals surface area contributed by atoms with Crippen LogP contribution in [0.4, 0.5) is 11.5 Å². The van der Waals surface area contributed by atoms with Crippen molar-refractivity contribution in [2.45, 2.75) is 32.9 Å². The molecule has 2 amide bonds. The van der Waals surface area contributed by atoms with Gasteiger partial charge in [-0.2, -0.15) is 5.10 Å². The Morgan fingerprint density at radius 1 is 1.09 bits per heavy atom. The highest BCUT2D eigenvalue weighted by Crippen LogP contribution is 2.29. The number of carbonyl (C=O) groups excluding carboxylic acids is 2. The van der Waals surface area contributed by atoms with Crippen LogP contribution in [0, 0.1) is 6.92 Å². The largest absolute Gasteiger partial charge is 0.365 e. The highest BCUT2D eigenvalue weighted by Gasteiger charge is 2.32. The summed E-state index contributed by atoms with van der Waals surface area (Å²) in [4.78, 5) is 31.8. The molecule has 0 saturated carbocycles. The van der Waals surface area contributed by atoms with E-state index in [0.29, 0.717) is 36.9 Å². The van der Waals surface area contributed by atoms with Crippen molar-refractivity contribution in [3.8, 4) is 11.3 Å². The van der Waals surface area contributed by atoms with Gasteiger partial charge >= 0.3 is 0 Å². The molecule has 3 heterocycles. The average molecular weight is 478 g/mol. The average Bonchev–Trinajstić information content (AvgIpc) is 3.26. The van der Waals surface area contributed by atoms with Crippen LogP contribution in [0.25, 0.3) is 11.3 Å². The molecule has 3 aromatic rings. The lowest BCUT2D eigenvalue weighted by atomic mass is 10.1. The second kappa shape index (κ2) is 9.14. The second-order valence-electron chi connectivity index (χ2n) is 9.07. The van der Waals surface area contributed by atoms with Gasteiger partial charge in [-0.15, -0.1) is 0 Å². The molecule has 2 aliphatic rings. The van der Waals surface area contributed by atoms with Gasteiger partial charge in [0, 0.05) is 54.4 Å². The van der Waals surface area contributed by atoms with Gasteiger partial charge in [-0.1, -0.05) is 35.9 Å². The molecule has 0 aliphatic carbocycles. The molecule has 2 aromatic carbocycles. The molecular formula is C26H28ClN5O2. The summed E-state index contributed by atoms with van der Waals surface area (Å²) in [6.07, 6.45) is 0.333. The smallest absolute Gasteiger partial charge is 0.242 e. The first kappa shape index (κ1) is 22.5. The molecule has 1 fully saturated rings. The van der Waals surface area contributed by atoms with Gasteiger partial charge in [0.05, 0.1) is 12.2 Å². The molecule has 0 radical (unpaired) electrons. The number of amides is 2. The highest BCUT2D eigenvalue weighted by molar-refractivity contribution is 6.30. The van der Waals surface area contributed by atoms with Crippen LogP contribution in [0.3, 0.4) is 0 Å². The van der Waals surface area contributed by atoms with Crippen LogP contribution in [0.15, 0.2) is 54.6 Å². The Bertz CT molecular complexity index is 1220. The first-order valence-corrected chi connectivity index (χ1v) is 12.0. The Morgan fingerprint density at radius 3 is 2.62 bits per heavy atom. The van der Waals surface area contributed by atoms with Crippen LogP contribution in [-0.4, -0.2) is 58.7 Å². The molecule has 1 atom stereocenters. The first-order valence-electron chi connectivity index (χ1n) is 11.6. The van der Waals surface area contributed by atoms with Gasteiger partial charge in [-0.05, 0) is 43.7 Å². The van der Waals surface area contributed by atoms with E-state index in [-0.39, 0.29) is 24.4 Å². The van der Waals surface area contributed by atoms with Crippen LogP contribution in [0.5, 0.6) is 0 Å². The maximum absolute atomic E-state index is 13.2. The van der Waals surface area contributed by atoms with Crippen molar-refractivity contribution >= 4 is 34.9 Å². The van der Waals surface area contributed by atoms with Crippen molar-refractivity contribution in [2.75, 3.05) is 36.0 Å². The number of anilines is 2. The Labute approximate surface area is 204 Å². The number of carbonyl (C=O) groups is 2. The third kappa shape index (κ3) is 4.40. The zero-order chi connectivity index (χ0) is 23.8. The van der Waals surface area contributed by atoms with Gasteiger partial charge < -0.3 is 9.80 Å². The number of benzene rings is 2. The van der Waals surface area contributed by atoms with Gasteiger partial charge in [-0.3, -0.25) is 14.5 Å². The van der Waals surface area contributed by atoms with Gasteiger partial charge in [-0.25, -0.2) is 4.68 Å². The number of rotatable bonds is 4. The SMILES string of the molecule is Cc1cccc(N2CCN(C(=O)CN3C(=O)CCn4nc(-c5ccc(Cl)cc5)cc43)C[C@@H]2C)c1.